The Bertz CT molecular complexity index is 744. The highest BCUT2D eigenvalue weighted by atomic mass is 16.4. The first-order valence-corrected chi connectivity index (χ1v) is 8.31. The third-order valence-corrected chi connectivity index (χ3v) is 4.52. The standard InChI is InChI=1S/C18H22N4O3/c1-20(9-7-14-5-3-2-4-6-14)18(25)22-12-15(17(23)24)11-21-10-8-19-16(21)13-22/h2-6,8,10,15H,7,9,11-13H2,1H3,(H,23,24). The molecule has 2 amide bonds. The van der Waals surface area contributed by atoms with Gasteiger partial charge in [0.15, 0.2) is 0 Å². The lowest BCUT2D eigenvalue weighted by Crippen LogP contribution is -2.44. The fraction of sp³-hybridized carbons (Fsp3) is 0.389. The molecule has 25 heavy (non-hydrogen) atoms. The summed E-state index contributed by atoms with van der Waals surface area (Å²) >= 11 is 0. The van der Waals surface area contributed by atoms with Gasteiger partial charge in [-0.15, -0.1) is 0 Å². The minimum Gasteiger partial charge on any atom is -0.481 e. The molecule has 1 aliphatic heterocycles. The number of fused-ring (bicyclic) bond motifs is 1. The molecule has 7 nitrogen and oxygen atoms in total. The Balaban J connectivity index is 1.68. The van der Waals surface area contributed by atoms with Crippen LogP contribution in [-0.4, -0.2) is 56.6 Å². The monoisotopic (exact) mass is 342 g/mol. The second kappa shape index (κ2) is 7.38. The summed E-state index contributed by atoms with van der Waals surface area (Å²) in [6.07, 6.45) is 4.16. The zero-order valence-electron chi connectivity index (χ0n) is 14.2. The maximum atomic E-state index is 12.8. The van der Waals surface area contributed by atoms with Crippen molar-refractivity contribution >= 4 is 12.0 Å². The molecule has 0 fully saturated rings. The van der Waals surface area contributed by atoms with Crippen molar-refractivity contribution in [3.8, 4) is 0 Å². The average Bonchev–Trinajstić information content (AvgIpc) is 2.96. The van der Waals surface area contributed by atoms with Crippen LogP contribution in [0.25, 0.3) is 0 Å². The molecule has 7 heteroatoms. The smallest absolute Gasteiger partial charge is 0.320 e. The number of imidazole rings is 1. The topological polar surface area (TPSA) is 78.7 Å². The minimum atomic E-state index is -0.897. The van der Waals surface area contributed by atoms with Gasteiger partial charge in [-0.05, 0) is 12.0 Å². The molecule has 1 unspecified atom stereocenters. The maximum Gasteiger partial charge on any atom is 0.320 e. The number of rotatable bonds is 4. The molecule has 0 saturated carbocycles. The molecule has 1 aliphatic rings. The van der Waals surface area contributed by atoms with E-state index in [9.17, 15) is 14.7 Å². The van der Waals surface area contributed by atoms with Gasteiger partial charge in [-0.2, -0.15) is 0 Å². The summed E-state index contributed by atoms with van der Waals surface area (Å²) in [7, 11) is 1.75. The van der Waals surface area contributed by atoms with Crippen molar-refractivity contribution in [2.24, 2.45) is 5.92 Å². The number of carboxylic acids is 1. The summed E-state index contributed by atoms with van der Waals surface area (Å²) in [5, 5.41) is 9.43. The highest BCUT2D eigenvalue weighted by Crippen LogP contribution is 2.17. The highest BCUT2D eigenvalue weighted by Gasteiger charge is 2.30. The SMILES string of the molecule is CN(CCc1ccccc1)C(=O)N1Cc2nccn2CC(C(=O)O)C1. The van der Waals surface area contributed by atoms with E-state index in [1.807, 2.05) is 34.9 Å². The molecule has 0 spiro atoms. The number of carbonyl (C=O) groups is 2. The van der Waals surface area contributed by atoms with E-state index in [-0.39, 0.29) is 12.6 Å². The largest absolute Gasteiger partial charge is 0.481 e. The maximum absolute atomic E-state index is 12.8. The Morgan fingerprint density at radius 3 is 2.76 bits per heavy atom. The number of hydrogen-bond donors (Lipinski definition) is 1. The van der Waals surface area contributed by atoms with Crippen LogP contribution in [0.5, 0.6) is 0 Å². The van der Waals surface area contributed by atoms with E-state index in [1.165, 1.54) is 0 Å². The van der Waals surface area contributed by atoms with Crippen LogP contribution in [0.4, 0.5) is 4.79 Å². The lowest BCUT2D eigenvalue weighted by Gasteiger charge is -2.28. The van der Waals surface area contributed by atoms with Gasteiger partial charge in [0.05, 0.1) is 12.5 Å². The molecule has 2 aromatic rings. The minimum absolute atomic E-state index is 0.168. The number of carboxylic acid groups (broad SMARTS) is 1. The second-order valence-electron chi connectivity index (χ2n) is 6.35. The van der Waals surface area contributed by atoms with Crippen LogP contribution in [0.3, 0.4) is 0 Å². The Morgan fingerprint density at radius 1 is 1.28 bits per heavy atom. The third kappa shape index (κ3) is 3.99. The Hall–Kier alpha value is -2.83. The van der Waals surface area contributed by atoms with Crippen LogP contribution < -0.4 is 0 Å². The quantitative estimate of drug-likeness (QED) is 0.917. The van der Waals surface area contributed by atoms with Crippen LogP contribution in [0.15, 0.2) is 42.7 Å². The molecule has 1 atom stereocenters. The predicted molar refractivity (Wildman–Crippen MR) is 91.9 cm³/mol. The number of nitrogens with zero attached hydrogens (tertiary/aromatic N) is 4. The molecule has 132 valence electrons. The molecule has 0 aliphatic carbocycles. The van der Waals surface area contributed by atoms with Gasteiger partial charge >= 0.3 is 12.0 Å². The van der Waals surface area contributed by atoms with Crippen LogP contribution in [0, 0.1) is 5.92 Å². The number of likely N-dealkylation sites (N-methyl/N-ethyl adjacent to an activating group) is 1. The van der Waals surface area contributed by atoms with Crippen LogP contribution in [-0.2, 0) is 24.3 Å². The zero-order chi connectivity index (χ0) is 17.8. The van der Waals surface area contributed by atoms with Gasteiger partial charge in [0.1, 0.15) is 5.82 Å². The van der Waals surface area contributed by atoms with Gasteiger partial charge in [0.25, 0.3) is 0 Å². The van der Waals surface area contributed by atoms with Crippen molar-refractivity contribution in [2.45, 2.75) is 19.5 Å². The first-order valence-electron chi connectivity index (χ1n) is 8.31. The normalized spacial score (nSPS) is 16.8. The molecule has 2 heterocycles. The van der Waals surface area contributed by atoms with E-state index < -0.39 is 11.9 Å². The summed E-state index contributed by atoms with van der Waals surface area (Å²) in [5.74, 6) is -0.818. The number of hydrogen-bond acceptors (Lipinski definition) is 3. The number of carbonyl (C=O) groups excluding carboxylic acids is 1. The van der Waals surface area contributed by atoms with E-state index in [0.717, 1.165) is 12.0 Å². The number of benzene rings is 1. The first kappa shape index (κ1) is 17.0. The molecule has 1 aromatic carbocycles. The summed E-state index contributed by atoms with van der Waals surface area (Å²) in [6, 6.07) is 9.80. The van der Waals surface area contributed by atoms with Crippen LogP contribution in [0.2, 0.25) is 0 Å². The number of aliphatic carboxylic acids is 1. The molecule has 0 saturated heterocycles. The first-order chi connectivity index (χ1) is 12.0. The lowest BCUT2D eigenvalue weighted by atomic mass is 10.1. The fourth-order valence-corrected chi connectivity index (χ4v) is 3.03. The number of aromatic nitrogens is 2. The summed E-state index contributed by atoms with van der Waals surface area (Å²) in [4.78, 5) is 31.8. The zero-order valence-corrected chi connectivity index (χ0v) is 14.2. The molecule has 1 N–H and O–H groups in total. The molecule has 0 radical (unpaired) electrons. The lowest BCUT2D eigenvalue weighted by molar-refractivity contribution is -0.142. The van der Waals surface area contributed by atoms with Gasteiger partial charge in [-0.25, -0.2) is 9.78 Å². The van der Waals surface area contributed by atoms with Crippen molar-refractivity contribution in [1.82, 2.24) is 19.4 Å². The van der Waals surface area contributed by atoms with Crippen molar-refractivity contribution < 1.29 is 14.7 Å². The molecular formula is C18H22N4O3. The van der Waals surface area contributed by atoms with Crippen LogP contribution in [0.1, 0.15) is 11.4 Å². The molecule has 3 rings (SSSR count). The second-order valence-corrected chi connectivity index (χ2v) is 6.35. The highest BCUT2D eigenvalue weighted by molar-refractivity contribution is 5.76. The summed E-state index contributed by atoms with van der Waals surface area (Å²) < 4.78 is 1.82. The third-order valence-electron chi connectivity index (χ3n) is 4.52. The fourth-order valence-electron chi connectivity index (χ4n) is 3.03. The van der Waals surface area contributed by atoms with E-state index in [0.29, 0.717) is 25.5 Å². The van der Waals surface area contributed by atoms with Gasteiger partial charge in [-0.1, -0.05) is 30.3 Å². The molecular weight excluding hydrogens is 320 g/mol. The Labute approximate surface area is 146 Å². The van der Waals surface area contributed by atoms with Crippen molar-refractivity contribution in [3.63, 3.8) is 0 Å². The Kier molecular flexibility index (Phi) is 5.02. The predicted octanol–water partition coefficient (Wildman–Crippen LogP) is 1.69. The van der Waals surface area contributed by atoms with Gasteiger partial charge in [-0.3, -0.25) is 4.79 Å². The average molecular weight is 342 g/mol. The van der Waals surface area contributed by atoms with Crippen molar-refractivity contribution in [1.29, 1.82) is 0 Å². The number of urea groups is 1. The van der Waals surface area contributed by atoms with E-state index >= 15 is 0 Å². The van der Waals surface area contributed by atoms with E-state index in [1.54, 1.807) is 29.2 Å². The molecule has 0 bridgehead atoms. The molecule has 1 aromatic heterocycles. The van der Waals surface area contributed by atoms with Gasteiger partial charge < -0.3 is 19.5 Å². The number of amides is 2. The van der Waals surface area contributed by atoms with Gasteiger partial charge in [0.2, 0.25) is 0 Å². The van der Waals surface area contributed by atoms with Crippen molar-refractivity contribution in [3.05, 3.63) is 54.1 Å². The van der Waals surface area contributed by atoms with Gasteiger partial charge in [0, 0.05) is 39.1 Å². The van der Waals surface area contributed by atoms with E-state index in [4.69, 9.17) is 0 Å². The summed E-state index contributed by atoms with van der Waals surface area (Å²) in [5.41, 5.74) is 1.16. The van der Waals surface area contributed by atoms with E-state index in [2.05, 4.69) is 4.98 Å². The van der Waals surface area contributed by atoms with Crippen LogP contribution >= 0.6 is 0 Å². The summed E-state index contributed by atoms with van der Waals surface area (Å²) in [6.45, 7) is 1.42. The Morgan fingerprint density at radius 2 is 2.04 bits per heavy atom. The van der Waals surface area contributed by atoms with Crippen molar-refractivity contribution in [2.75, 3.05) is 20.1 Å².